The largest absolute Gasteiger partial charge is 0.459 e. The zero-order chi connectivity index (χ0) is 26.1. The van der Waals surface area contributed by atoms with E-state index in [0.29, 0.717) is 22.2 Å². The number of nitro benzene ring substituents is 1. The fraction of sp³-hybridized carbons (Fsp3) is 0.214. The molecule has 0 radical (unpaired) electrons. The van der Waals surface area contributed by atoms with Crippen LogP contribution in [0.25, 0.3) is 11.3 Å². The number of hydrogen-bond donors (Lipinski definition) is 1. The average Bonchev–Trinajstić information content (AvgIpc) is 3.59. The topological polar surface area (TPSA) is 96.9 Å². The quantitative estimate of drug-likeness (QED) is 0.204. The van der Waals surface area contributed by atoms with Gasteiger partial charge in [0.15, 0.2) is 5.11 Å². The molecular formula is C28H25N5O4S. The van der Waals surface area contributed by atoms with Crippen molar-refractivity contribution in [3.63, 3.8) is 0 Å². The van der Waals surface area contributed by atoms with Crippen molar-refractivity contribution in [1.82, 2.24) is 10.3 Å². The van der Waals surface area contributed by atoms with Crippen molar-refractivity contribution in [3.8, 4) is 11.3 Å². The molecule has 10 heteroatoms. The minimum atomic E-state index is -0.400. The molecule has 4 aromatic rings. The summed E-state index contributed by atoms with van der Waals surface area (Å²) in [6.45, 7) is 3.15. The lowest BCUT2D eigenvalue weighted by atomic mass is 10.0. The Kier molecular flexibility index (Phi) is 6.48. The number of nitrogens with zero attached hydrogens (tertiary/aromatic N) is 4. The van der Waals surface area contributed by atoms with Gasteiger partial charge < -0.3 is 24.3 Å². The van der Waals surface area contributed by atoms with E-state index < -0.39 is 4.92 Å². The van der Waals surface area contributed by atoms with Crippen molar-refractivity contribution in [2.75, 3.05) is 36.1 Å². The number of pyridine rings is 1. The molecule has 6 rings (SSSR count). The van der Waals surface area contributed by atoms with Gasteiger partial charge in [-0.1, -0.05) is 18.2 Å². The molecule has 2 aromatic carbocycles. The van der Waals surface area contributed by atoms with Crippen LogP contribution in [-0.2, 0) is 4.74 Å². The SMILES string of the molecule is O=[N+]([O-])c1ccccc1-c1ccc([C@@H]2[C@H](c3ccccn3)NC(=S)N2c2ccc(N3CCOCC3)cc2)o1. The lowest BCUT2D eigenvalue weighted by molar-refractivity contribution is -0.384. The first-order valence-corrected chi connectivity index (χ1v) is 12.8. The summed E-state index contributed by atoms with van der Waals surface area (Å²) in [5.41, 5.74) is 3.27. The predicted molar refractivity (Wildman–Crippen MR) is 148 cm³/mol. The van der Waals surface area contributed by atoms with Gasteiger partial charge >= 0.3 is 0 Å². The highest BCUT2D eigenvalue weighted by molar-refractivity contribution is 7.80. The zero-order valence-electron chi connectivity index (χ0n) is 20.4. The number of benzene rings is 2. The number of nitro groups is 1. The third-order valence-corrected chi connectivity index (χ3v) is 7.20. The summed E-state index contributed by atoms with van der Waals surface area (Å²) in [7, 11) is 0. The average molecular weight is 528 g/mol. The lowest BCUT2D eigenvalue weighted by Crippen LogP contribution is -2.36. The van der Waals surface area contributed by atoms with Gasteiger partial charge in [-0.05, 0) is 66.8 Å². The monoisotopic (exact) mass is 527 g/mol. The summed E-state index contributed by atoms with van der Waals surface area (Å²) in [5, 5.41) is 15.6. The summed E-state index contributed by atoms with van der Waals surface area (Å²) >= 11 is 5.82. The number of ether oxygens (including phenoxy) is 1. The summed E-state index contributed by atoms with van der Waals surface area (Å²) in [6.07, 6.45) is 1.75. The second kappa shape index (κ2) is 10.2. The van der Waals surface area contributed by atoms with Crippen LogP contribution in [0.4, 0.5) is 17.1 Å². The summed E-state index contributed by atoms with van der Waals surface area (Å²) in [6, 6.07) is 23.6. The molecule has 4 heterocycles. The number of para-hydroxylation sites is 1. The first-order valence-electron chi connectivity index (χ1n) is 12.4. The maximum Gasteiger partial charge on any atom is 0.280 e. The second-order valence-electron chi connectivity index (χ2n) is 9.09. The van der Waals surface area contributed by atoms with Crippen LogP contribution < -0.4 is 15.1 Å². The third-order valence-electron chi connectivity index (χ3n) is 6.89. The molecule has 0 unspecified atom stereocenters. The van der Waals surface area contributed by atoms with Gasteiger partial charge in [0.05, 0.1) is 35.4 Å². The lowest BCUT2D eigenvalue weighted by Gasteiger charge is -2.30. The van der Waals surface area contributed by atoms with Gasteiger partial charge in [0.25, 0.3) is 5.69 Å². The third kappa shape index (κ3) is 4.48. The van der Waals surface area contributed by atoms with Gasteiger partial charge in [0.1, 0.15) is 17.6 Å². The fourth-order valence-corrected chi connectivity index (χ4v) is 5.41. The summed E-state index contributed by atoms with van der Waals surface area (Å²) in [4.78, 5) is 20.1. The fourth-order valence-electron chi connectivity index (χ4n) is 5.07. The van der Waals surface area contributed by atoms with E-state index in [1.54, 1.807) is 30.5 Å². The molecule has 0 amide bonds. The van der Waals surface area contributed by atoms with Crippen LogP contribution in [0.2, 0.25) is 0 Å². The molecule has 0 aliphatic carbocycles. The normalized spacial score (nSPS) is 19.4. The van der Waals surface area contributed by atoms with Crippen molar-refractivity contribution in [3.05, 3.63) is 107 Å². The number of thiocarbonyl (C=S) groups is 1. The van der Waals surface area contributed by atoms with E-state index in [1.165, 1.54) is 6.07 Å². The molecule has 2 fully saturated rings. The Balaban J connectivity index is 1.39. The van der Waals surface area contributed by atoms with Gasteiger partial charge in [-0.2, -0.15) is 0 Å². The maximum absolute atomic E-state index is 11.6. The van der Waals surface area contributed by atoms with Gasteiger partial charge in [-0.15, -0.1) is 0 Å². The van der Waals surface area contributed by atoms with E-state index in [0.717, 1.165) is 43.4 Å². The first kappa shape index (κ1) is 24.1. The van der Waals surface area contributed by atoms with Crippen LogP contribution in [0.3, 0.4) is 0 Å². The number of furan rings is 1. The van der Waals surface area contributed by atoms with Crippen molar-refractivity contribution >= 4 is 34.4 Å². The van der Waals surface area contributed by atoms with Gasteiger partial charge in [0.2, 0.25) is 0 Å². The summed E-state index contributed by atoms with van der Waals surface area (Å²) < 4.78 is 11.8. The molecule has 2 saturated heterocycles. The molecule has 192 valence electrons. The standard InChI is InChI=1S/C28H25N5O4S/c34-33(35)23-7-2-1-5-21(23)24-12-13-25(37-24)27-26(22-6-3-4-14-29-22)30-28(38)32(27)20-10-8-19(9-11-20)31-15-17-36-18-16-31/h1-14,26-27H,15-18H2,(H,30,38)/t26-,27+/m0/s1. The smallest absolute Gasteiger partial charge is 0.280 e. The minimum absolute atomic E-state index is 0.00898. The highest BCUT2D eigenvalue weighted by Gasteiger charge is 2.42. The number of anilines is 2. The number of nitrogens with one attached hydrogen (secondary N) is 1. The maximum atomic E-state index is 11.6. The number of rotatable bonds is 6. The van der Waals surface area contributed by atoms with Gasteiger partial charge in [0, 0.05) is 36.7 Å². The Morgan fingerprint density at radius 3 is 2.42 bits per heavy atom. The number of morpholine rings is 1. The van der Waals surface area contributed by atoms with E-state index in [-0.39, 0.29) is 17.8 Å². The predicted octanol–water partition coefficient (Wildman–Crippen LogP) is 5.26. The first-order chi connectivity index (χ1) is 18.6. The minimum Gasteiger partial charge on any atom is -0.459 e. The van der Waals surface area contributed by atoms with E-state index in [2.05, 4.69) is 39.5 Å². The molecule has 0 bridgehead atoms. The van der Waals surface area contributed by atoms with Crippen LogP contribution in [0.5, 0.6) is 0 Å². The van der Waals surface area contributed by atoms with Crippen molar-refractivity contribution < 1.29 is 14.1 Å². The highest BCUT2D eigenvalue weighted by atomic mass is 32.1. The number of aromatic nitrogens is 1. The molecule has 9 nitrogen and oxygen atoms in total. The molecule has 2 aliphatic heterocycles. The molecular weight excluding hydrogens is 502 g/mol. The molecule has 38 heavy (non-hydrogen) atoms. The van der Waals surface area contributed by atoms with E-state index in [4.69, 9.17) is 21.4 Å². The molecule has 0 saturated carbocycles. The van der Waals surface area contributed by atoms with Crippen LogP contribution in [-0.4, -0.2) is 41.3 Å². The van der Waals surface area contributed by atoms with E-state index in [9.17, 15) is 10.1 Å². The molecule has 2 aromatic heterocycles. The zero-order valence-corrected chi connectivity index (χ0v) is 21.2. The van der Waals surface area contributed by atoms with Crippen LogP contribution >= 0.6 is 12.2 Å². The molecule has 0 spiro atoms. The Labute approximate surface area is 224 Å². The van der Waals surface area contributed by atoms with Gasteiger partial charge in [-0.3, -0.25) is 15.1 Å². The Bertz CT molecular complexity index is 1450. The van der Waals surface area contributed by atoms with Crippen molar-refractivity contribution in [2.24, 2.45) is 0 Å². The Morgan fingerprint density at radius 2 is 1.68 bits per heavy atom. The molecule has 1 N–H and O–H groups in total. The highest BCUT2D eigenvalue weighted by Crippen LogP contribution is 2.44. The van der Waals surface area contributed by atoms with Crippen LogP contribution in [0.1, 0.15) is 23.5 Å². The second-order valence-corrected chi connectivity index (χ2v) is 9.48. The van der Waals surface area contributed by atoms with E-state index in [1.807, 2.05) is 29.2 Å². The van der Waals surface area contributed by atoms with Crippen LogP contribution in [0.15, 0.2) is 89.5 Å². The number of hydrogen-bond acceptors (Lipinski definition) is 7. The van der Waals surface area contributed by atoms with E-state index >= 15 is 0 Å². The molecule has 2 atom stereocenters. The van der Waals surface area contributed by atoms with Gasteiger partial charge in [-0.25, -0.2) is 0 Å². The van der Waals surface area contributed by atoms with Crippen molar-refractivity contribution in [1.29, 1.82) is 0 Å². The van der Waals surface area contributed by atoms with Crippen LogP contribution in [0, 0.1) is 10.1 Å². The molecule has 2 aliphatic rings. The Morgan fingerprint density at radius 1 is 0.947 bits per heavy atom. The summed E-state index contributed by atoms with van der Waals surface area (Å²) in [5.74, 6) is 1.05. The Hall–Kier alpha value is -4.28. The van der Waals surface area contributed by atoms with Crippen molar-refractivity contribution in [2.45, 2.75) is 12.1 Å².